The molecule has 0 heterocycles. The number of benzene rings is 4. The first-order valence-corrected chi connectivity index (χ1v) is 20.7. The third kappa shape index (κ3) is 8.31. The van der Waals surface area contributed by atoms with E-state index >= 15 is 0 Å². The van der Waals surface area contributed by atoms with Crippen molar-refractivity contribution in [1.29, 1.82) is 0 Å². The van der Waals surface area contributed by atoms with Crippen LogP contribution in [-0.2, 0) is 20.2 Å². The molecule has 278 valence electrons. The van der Waals surface area contributed by atoms with E-state index in [-0.39, 0.29) is 9.79 Å². The summed E-state index contributed by atoms with van der Waals surface area (Å²) in [5.74, 6) is 0. The van der Waals surface area contributed by atoms with Crippen molar-refractivity contribution in [3.63, 3.8) is 0 Å². The third-order valence-electron chi connectivity index (χ3n) is 9.56. The van der Waals surface area contributed by atoms with Gasteiger partial charge in [-0.05, 0) is 124 Å². The molecule has 0 atom stereocenters. The molecule has 0 saturated heterocycles. The number of rotatable bonds is 11. The molecule has 0 fully saturated rings. The van der Waals surface area contributed by atoms with Gasteiger partial charge in [0.25, 0.3) is 20.2 Å². The lowest BCUT2D eigenvalue weighted by Gasteiger charge is -2.30. The fourth-order valence-electron chi connectivity index (χ4n) is 7.75. The number of nitrogens with zero attached hydrogens (tertiary/aromatic N) is 2. The number of hydrogen-bond donors (Lipinski definition) is 2. The number of hydrogen-bond acceptors (Lipinski definition) is 5. The maximum Gasteiger partial charge on any atom is 0.295 e. The van der Waals surface area contributed by atoms with Crippen LogP contribution in [0.3, 0.4) is 0 Å². The molecule has 0 aromatic heterocycles. The fourth-order valence-corrected chi connectivity index (χ4v) is 9.40. The Bertz CT molecular complexity index is 2380. The van der Waals surface area contributed by atoms with Crippen LogP contribution < -0.4 is 4.90 Å². The van der Waals surface area contributed by atoms with Gasteiger partial charge in [0, 0.05) is 53.2 Å². The molecule has 0 spiro atoms. The minimum atomic E-state index is -4.57. The van der Waals surface area contributed by atoms with Crippen molar-refractivity contribution in [1.82, 2.24) is 0 Å². The molecule has 53 heavy (non-hydrogen) atoms. The van der Waals surface area contributed by atoms with E-state index in [1.807, 2.05) is 67.3 Å². The van der Waals surface area contributed by atoms with Crippen LogP contribution in [0.2, 0.25) is 0 Å². The summed E-state index contributed by atoms with van der Waals surface area (Å²) in [6, 6.07) is 20.3. The summed E-state index contributed by atoms with van der Waals surface area (Å²) in [6.07, 6.45) is 9.77. The first-order chi connectivity index (χ1) is 25.0. The zero-order chi connectivity index (χ0) is 38.8. The minimum Gasteiger partial charge on any atom is -0.341 e. The van der Waals surface area contributed by atoms with Crippen LogP contribution in [-0.4, -0.2) is 49.3 Å². The second kappa shape index (κ2) is 15.8. The molecule has 0 saturated carbocycles. The molecular weight excluding hydrogens is 705 g/mol. The van der Waals surface area contributed by atoms with Gasteiger partial charge in [-0.1, -0.05) is 55.8 Å². The maximum atomic E-state index is 12.7. The molecule has 5 rings (SSSR count). The van der Waals surface area contributed by atoms with E-state index in [0.717, 1.165) is 47.5 Å². The zero-order valence-corrected chi connectivity index (χ0v) is 33.4. The van der Waals surface area contributed by atoms with Gasteiger partial charge in [0.05, 0.1) is 0 Å². The molecule has 2 N–H and O–H groups in total. The van der Waals surface area contributed by atoms with E-state index in [1.54, 1.807) is 38.1 Å². The number of aryl methyl sites for hydroxylation is 5. The predicted molar refractivity (Wildman–Crippen MR) is 216 cm³/mol. The average Bonchev–Trinajstić information content (AvgIpc) is 3.07. The summed E-state index contributed by atoms with van der Waals surface area (Å²) in [4.78, 5) is 1.75. The first-order valence-electron chi connectivity index (χ1n) is 17.8. The van der Waals surface area contributed by atoms with Crippen LogP contribution in [0.5, 0.6) is 0 Å². The van der Waals surface area contributed by atoms with Crippen LogP contribution in [0.4, 0.5) is 17.1 Å². The lowest BCUT2D eigenvalue weighted by molar-refractivity contribution is -0.440. The third-order valence-corrected chi connectivity index (χ3v) is 11.6. The molecule has 0 unspecified atom stereocenters. The summed E-state index contributed by atoms with van der Waals surface area (Å²) in [5.41, 5.74) is 11.5. The van der Waals surface area contributed by atoms with Gasteiger partial charge in [-0.2, -0.15) is 21.4 Å². The first kappa shape index (κ1) is 39.6. The molecule has 0 bridgehead atoms. The van der Waals surface area contributed by atoms with Gasteiger partial charge < -0.3 is 4.90 Å². The lowest BCUT2D eigenvalue weighted by Crippen LogP contribution is -2.21. The highest BCUT2D eigenvalue weighted by molar-refractivity contribution is 7.86. The van der Waals surface area contributed by atoms with E-state index in [2.05, 4.69) is 44.4 Å². The molecule has 8 nitrogen and oxygen atoms in total. The van der Waals surface area contributed by atoms with Gasteiger partial charge in [-0.3, -0.25) is 9.11 Å². The second-order valence-electron chi connectivity index (χ2n) is 13.8. The second-order valence-corrected chi connectivity index (χ2v) is 16.5. The average molecular weight is 754 g/mol. The Morgan fingerprint density at radius 1 is 0.698 bits per heavy atom. The smallest absolute Gasteiger partial charge is 0.295 e. The van der Waals surface area contributed by atoms with Gasteiger partial charge in [0.15, 0.2) is 0 Å². The summed E-state index contributed by atoms with van der Waals surface area (Å²) in [7, 11) is -9.04. The Morgan fingerprint density at radius 2 is 1.30 bits per heavy atom. The lowest BCUT2D eigenvalue weighted by atomic mass is 9.90. The van der Waals surface area contributed by atoms with Crippen molar-refractivity contribution in [2.75, 3.05) is 18.0 Å². The topological polar surface area (TPSA) is 115 Å². The summed E-state index contributed by atoms with van der Waals surface area (Å²) in [5, 5.41) is 0. The Morgan fingerprint density at radius 3 is 1.85 bits per heavy atom. The Hall–Kier alpha value is -4.61. The molecule has 0 aliphatic heterocycles. The highest BCUT2D eigenvalue weighted by Gasteiger charge is 2.26. The molecule has 1 aliphatic carbocycles. The Labute approximate surface area is 315 Å². The van der Waals surface area contributed by atoms with E-state index < -0.39 is 20.2 Å². The summed E-state index contributed by atoms with van der Waals surface area (Å²) >= 11 is 0. The number of allylic oxidation sites excluding steroid dienone is 5. The van der Waals surface area contributed by atoms with Gasteiger partial charge in [-0.25, -0.2) is 0 Å². The van der Waals surface area contributed by atoms with Crippen molar-refractivity contribution < 1.29 is 30.5 Å². The fraction of sp³-hybridized carbons (Fsp3) is 0.279. The van der Waals surface area contributed by atoms with E-state index in [4.69, 9.17) is 0 Å². The van der Waals surface area contributed by atoms with Crippen LogP contribution >= 0.6 is 0 Å². The van der Waals surface area contributed by atoms with Gasteiger partial charge in [0.1, 0.15) is 16.3 Å². The SMILES string of the molecule is CCCN(c1ccc(C(=C2C=CC(=[N+](CCC)c3c(C)cc(C)cc3C)C=C2)c2ccccc2S(=O)(=O)O)cc1)c1c(C)cc(C)c(S(=O)(=O)O)c1C. The molecule has 4 aromatic carbocycles. The Balaban J connectivity index is 1.70. The van der Waals surface area contributed by atoms with Crippen LogP contribution in [0, 0.1) is 41.5 Å². The van der Waals surface area contributed by atoms with Crippen LogP contribution in [0.1, 0.15) is 71.2 Å². The molecule has 4 aromatic rings. The van der Waals surface area contributed by atoms with Crippen molar-refractivity contribution in [2.24, 2.45) is 0 Å². The Kier molecular flexibility index (Phi) is 11.8. The molecular formula is C43H49N2O6S2+. The minimum absolute atomic E-state index is 0.0955. The molecule has 0 amide bonds. The maximum absolute atomic E-state index is 12.7. The van der Waals surface area contributed by atoms with Gasteiger partial charge in [-0.15, -0.1) is 0 Å². The largest absolute Gasteiger partial charge is 0.341 e. The normalized spacial score (nSPS) is 13.1. The van der Waals surface area contributed by atoms with Gasteiger partial charge in [0.2, 0.25) is 11.4 Å². The highest BCUT2D eigenvalue weighted by Crippen LogP contribution is 2.39. The monoisotopic (exact) mass is 753 g/mol. The molecule has 10 heteroatoms. The summed E-state index contributed by atoms with van der Waals surface area (Å²) < 4.78 is 73.0. The quantitative estimate of drug-likeness (QED) is 0.116. The van der Waals surface area contributed by atoms with Crippen LogP contribution in [0.25, 0.3) is 5.57 Å². The standard InChI is InChI=1S/C43H48N2O6S2/c1-9-23-44(41-29(4)25-28(3)26-30(41)5)36-19-15-34(16-20-36)40(38-13-11-12-14-39(38)52(46,47)48)35-17-21-37(22-18-35)45(24-10-2)42-31(6)27-32(7)43(33(42)8)53(49,50)51/h11-22,25-27H,9-10,23-24H2,1-8H3,(H-,46,47,48,49,50,51)/p+1. The summed E-state index contributed by atoms with van der Waals surface area (Å²) in [6.45, 7) is 17.2. The van der Waals surface area contributed by atoms with E-state index in [9.17, 15) is 25.9 Å². The van der Waals surface area contributed by atoms with Crippen molar-refractivity contribution in [2.45, 2.75) is 78.0 Å². The van der Waals surface area contributed by atoms with Gasteiger partial charge >= 0.3 is 0 Å². The molecule has 1 aliphatic rings. The predicted octanol–water partition coefficient (Wildman–Crippen LogP) is 9.70. The van der Waals surface area contributed by atoms with Crippen molar-refractivity contribution in [3.8, 4) is 0 Å². The van der Waals surface area contributed by atoms with Crippen molar-refractivity contribution >= 4 is 48.6 Å². The highest BCUT2D eigenvalue weighted by atomic mass is 32.2. The van der Waals surface area contributed by atoms with Crippen LogP contribution in [0.15, 0.2) is 106 Å². The zero-order valence-electron chi connectivity index (χ0n) is 31.7. The number of anilines is 2. The molecule has 0 radical (unpaired) electrons. The van der Waals surface area contributed by atoms with E-state index in [0.29, 0.717) is 34.5 Å². The van der Waals surface area contributed by atoms with Crippen molar-refractivity contribution in [3.05, 3.63) is 141 Å². The van der Waals surface area contributed by atoms with E-state index in [1.165, 1.54) is 28.4 Å².